The van der Waals surface area contributed by atoms with Crippen LogP contribution >= 0.6 is 11.6 Å². The molecule has 0 radical (unpaired) electrons. The highest BCUT2D eigenvalue weighted by atomic mass is 35.5. The van der Waals surface area contributed by atoms with E-state index < -0.39 is 24.9 Å². The molecule has 3 heterocycles. The molecule has 3 amide bonds. The Morgan fingerprint density at radius 3 is 2.79 bits per heavy atom. The number of carbonyl (C=O) groups is 2. The van der Waals surface area contributed by atoms with Gasteiger partial charge in [-0.25, -0.2) is 9.78 Å². The average molecular weight is 486 g/mol. The molecule has 2 N–H and O–H groups in total. The number of urea groups is 1. The molecular formula is C22H27ClF3N5O2. The highest BCUT2D eigenvalue weighted by Gasteiger charge is 2.34. The van der Waals surface area contributed by atoms with E-state index in [9.17, 15) is 22.8 Å². The first kappa shape index (κ1) is 23.7. The van der Waals surface area contributed by atoms with Gasteiger partial charge in [0, 0.05) is 37.1 Å². The highest BCUT2D eigenvalue weighted by molar-refractivity contribution is 6.31. The van der Waals surface area contributed by atoms with Crippen LogP contribution in [0.1, 0.15) is 56.8 Å². The molecule has 1 unspecified atom stereocenters. The van der Waals surface area contributed by atoms with Gasteiger partial charge in [-0.2, -0.15) is 13.2 Å². The van der Waals surface area contributed by atoms with Gasteiger partial charge in [0.25, 0.3) is 0 Å². The van der Waals surface area contributed by atoms with Crippen molar-refractivity contribution in [3.8, 4) is 0 Å². The number of imidazole rings is 1. The quantitative estimate of drug-likeness (QED) is 0.653. The first-order valence-corrected chi connectivity index (χ1v) is 11.6. The van der Waals surface area contributed by atoms with Crippen molar-refractivity contribution in [3.05, 3.63) is 29.0 Å². The van der Waals surface area contributed by atoms with Gasteiger partial charge in [0.1, 0.15) is 5.82 Å². The zero-order valence-electron chi connectivity index (χ0n) is 18.1. The number of H-pyrrole nitrogens is 1. The van der Waals surface area contributed by atoms with Gasteiger partial charge in [-0.1, -0.05) is 11.6 Å². The number of rotatable bonds is 4. The minimum Gasteiger partial charge on any atom is -0.341 e. The lowest BCUT2D eigenvalue weighted by atomic mass is 10.0. The van der Waals surface area contributed by atoms with E-state index in [-0.39, 0.29) is 24.7 Å². The second-order valence-corrected chi connectivity index (χ2v) is 9.17. The summed E-state index contributed by atoms with van der Waals surface area (Å²) in [7, 11) is 0. The minimum atomic E-state index is -4.36. The third kappa shape index (κ3) is 5.90. The SMILES string of the molecule is O=C(CCC(F)(F)F)N1CCC[C@@H](NC(=O)N2CCCCC2c2nc3ccc(Cl)cc3[nH]2)C1. The standard InChI is InChI=1S/C22H27ClF3N5O2/c23-14-6-7-16-17(12-14)29-20(28-16)18-5-1-2-11-31(18)21(33)27-15-4-3-10-30(13-15)19(32)8-9-22(24,25)26/h6-7,12,15,18H,1-5,8-11,13H2,(H,27,33)(H,28,29)/t15-,18?/m1/s1. The molecule has 2 saturated heterocycles. The predicted octanol–water partition coefficient (Wildman–Crippen LogP) is 4.79. The normalized spacial score (nSPS) is 21.9. The van der Waals surface area contributed by atoms with Gasteiger partial charge in [0.15, 0.2) is 0 Å². The van der Waals surface area contributed by atoms with Gasteiger partial charge in [0.05, 0.1) is 23.5 Å². The lowest BCUT2D eigenvalue weighted by Crippen LogP contribution is -2.54. The largest absolute Gasteiger partial charge is 0.389 e. The number of hydrogen-bond acceptors (Lipinski definition) is 3. The van der Waals surface area contributed by atoms with Gasteiger partial charge < -0.3 is 20.1 Å². The molecule has 180 valence electrons. The summed E-state index contributed by atoms with van der Waals surface area (Å²) >= 11 is 6.07. The molecule has 7 nitrogen and oxygen atoms in total. The van der Waals surface area contributed by atoms with E-state index in [2.05, 4.69) is 15.3 Å². The summed E-state index contributed by atoms with van der Waals surface area (Å²) in [5, 5.41) is 3.60. The van der Waals surface area contributed by atoms with Crippen LogP contribution in [0.4, 0.5) is 18.0 Å². The van der Waals surface area contributed by atoms with Crippen LogP contribution in [0.3, 0.4) is 0 Å². The topological polar surface area (TPSA) is 81.3 Å². The van der Waals surface area contributed by atoms with Crippen molar-refractivity contribution in [2.24, 2.45) is 0 Å². The number of nitrogens with zero attached hydrogens (tertiary/aromatic N) is 3. The fourth-order valence-electron chi connectivity index (χ4n) is 4.60. The summed E-state index contributed by atoms with van der Waals surface area (Å²) in [4.78, 5) is 36.5. The molecule has 2 atom stereocenters. The minimum absolute atomic E-state index is 0.210. The summed E-state index contributed by atoms with van der Waals surface area (Å²) in [5.41, 5.74) is 1.59. The van der Waals surface area contributed by atoms with Crippen molar-refractivity contribution in [3.63, 3.8) is 0 Å². The highest BCUT2D eigenvalue weighted by Crippen LogP contribution is 2.31. The number of likely N-dealkylation sites (tertiary alicyclic amines) is 2. The monoisotopic (exact) mass is 485 g/mol. The Bertz CT molecular complexity index is 1010. The van der Waals surface area contributed by atoms with Crippen LogP contribution in [0.2, 0.25) is 5.02 Å². The number of carbonyl (C=O) groups excluding carboxylic acids is 2. The smallest absolute Gasteiger partial charge is 0.341 e. The lowest BCUT2D eigenvalue weighted by molar-refractivity contribution is -0.149. The van der Waals surface area contributed by atoms with Crippen molar-refractivity contribution >= 4 is 34.6 Å². The fourth-order valence-corrected chi connectivity index (χ4v) is 4.78. The average Bonchev–Trinajstić information content (AvgIpc) is 3.20. The second-order valence-electron chi connectivity index (χ2n) is 8.73. The molecule has 33 heavy (non-hydrogen) atoms. The number of fused-ring (bicyclic) bond motifs is 1. The molecule has 0 spiro atoms. The Morgan fingerprint density at radius 1 is 1.18 bits per heavy atom. The molecule has 1 aromatic heterocycles. The van der Waals surface area contributed by atoms with E-state index in [1.165, 1.54) is 4.90 Å². The molecule has 4 rings (SSSR count). The fraction of sp³-hybridized carbons (Fsp3) is 0.591. The number of hydrogen-bond donors (Lipinski definition) is 2. The molecule has 0 aliphatic carbocycles. The molecule has 2 aliphatic heterocycles. The summed E-state index contributed by atoms with van der Waals surface area (Å²) in [6.45, 7) is 1.22. The van der Waals surface area contributed by atoms with Crippen LogP contribution < -0.4 is 5.32 Å². The van der Waals surface area contributed by atoms with Crippen molar-refractivity contribution in [1.82, 2.24) is 25.1 Å². The molecule has 2 aliphatic rings. The van der Waals surface area contributed by atoms with Gasteiger partial charge in [-0.3, -0.25) is 4.79 Å². The lowest BCUT2D eigenvalue weighted by Gasteiger charge is -2.38. The number of amides is 3. The maximum absolute atomic E-state index is 13.2. The molecule has 2 fully saturated rings. The Kier molecular flexibility index (Phi) is 7.02. The van der Waals surface area contributed by atoms with Crippen LogP contribution in [0.25, 0.3) is 11.0 Å². The predicted molar refractivity (Wildman–Crippen MR) is 118 cm³/mol. The number of nitrogens with one attached hydrogen (secondary N) is 2. The molecule has 1 aromatic carbocycles. The number of piperidine rings is 2. The molecule has 2 aromatic rings. The first-order valence-electron chi connectivity index (χ1n) is 11.3. The van der Waals surface area contributed by atoms with E-state index in [0.29, 0.717) is 36.8 Å². The van der Waals surface area contributed by atoms with Crippen molar-refractivity contribution in [2.45, 2.75) is 63.2 Å². The van der Waals surface area contributed by atoms with Gasteiger partial charge >= 0.3 is 12.2 Å². The van der Waals surface area contributed by atoms with Gasteiger partial charge in [0.2, 0.25) is 5.91 Å². The third-order valence-electron chi connectivity index (χ3n) is 6.27. The molecular weight excluding hydrogens is 459 g/mol. The zero-order valence-corrected chi connectivity index (χ0v) is 18.9. The molecule has 0 saturated carbocycles. The van der Waals surface area contributed by atoms with Crippen LogP contribution in [-0.2, 0) is 4.79 Å². The summed E-state index contributed by atoms with van der Waals surface area (Å²) in [5.74, 6) is 0.178. The summed E-state index contributed by atoms with van der Waals surface area (Å²) in [6.07, 6.45) is -2.11. The zero-order chi connectivity index (χ0) is 23.6. The summed E-state index contributed by atoms with van der Waals surface area (Å²) < 4.78 is 37.4. The Balaban J connectivity index is 1.40. The Morgan fingerprint density at radius 2 is 2.00 bits per heavy atom. The number of benzene rings is 1. The first-order chi connectivity index (χ1) is 15.7. The summed E-state index contributed by atoms with van der Waals surface area (Å²) in [6, 6.07) is 4.65. The van der Waals surface area contributed by atoms with E-state index in [4.69, 9.17) is 11.6 Å². The molecule has 11 heteroatoms. The van der Waals surface area contributed by atoms with E-state index in [1.54, 1.807) is 17.0 Å². The van der Waals surface area contributed by atoms with Crippen LogP contribution in [0.5, 0.6) is 0 Å². The van der Waals surface area contributed by atoms with E-state index in [0.717, 1.165) is 30.3 Å². The Labute approximate surface area is 194 Å². The third-order valence-corrected chi connectivity index (χ3v) is 6.50. The van der Waals surface area contributed by atoms with Crippen LogP contribution in [-0.4, -0.2) is 63.6 Å². The van der Waals surface area contributed by atoms with Crippen molar-refractivity contribution in [1.29, 1.82) is 0 Å². The van der Waals surface area contributed by atoms with Gasteiger partial charge in [-0.15, -0.1) is 0 Å². The number of halogens is 4. The number of aromatic amines is 1. The maximum Gasteiger partial charge on any atom is 0.389 e. The van der Waals surface area contributed by atoms with Crippen LogP contribution in [0, 0.1) is 0 Å². The van der Waals surface area contributed by atoms with E-state index in [1.807, 2.05) is 6.07 Å². The second kappa shape index (κ2) is 9.79. The number of aromatic nitrogens is 2. The van der Waals surface area contributed by atoms with E-state index >= 15 is 0 Å². The van der Waals surface area contributed by atoms with Crippen molar-refractivity contribution in [2.75, 3.05) is 19.6 Å². The van der Waals surface area contributed by atoms with Crippen molar-refractivity contribution < 1.29 is 22.8 Å². The van der Waals surface area contributed by atoms with Crippen LogP contribution in [0.15, 0.2) is 18.2 Å². The molecule has 0 bridgehead atoms. The van der Waals surface area contributed by atoms with Gasteiger partial charge in [-0.05, 0) is 50.3 Å². The Hall–Kier alpha value is -2.49. The number of alkyl halides is 3. The maximum atomic E-state index is 13.2.